The fourth-order valence-corrected chi connectivity index (χ4v) is 3.79. The normalized spacial score (nSPS) is 20.0. The SMILES string of the molecule is CN(C)CCNc1cnc(C(=O)NC2CCS(=O)(=O)C2)cn1. The van der Waals surface area contributed by atoms with Crippen LogP contribution in [0.1, 0.15) is 16.9 Å². The van der Waals surface area contributed by atoms with Gasteiger partial charge in [-0.3, -0.25) is 4.79 Å². The predicted octanol–water partition coefficient (Wildman–Crippen LogP) is -0.633. The van der Waals surface area contributed by atoms with Crippen LogP contribution in [0.2, 0.25) is 0 Å². The fourth-order valence-electron chi connectivity index (χ4n) is 2.11. The first-order chi connectivity index (χ1) is 10.4. The van der Waals surface area contributed by atoms with Gasteiger partial charge in [0.1, 0.15) is 11.5 Å². The van der Waals surface area contributed by atoms with E-state index in [-0.39, 0.29) is 23.2 Å². The predicted molar refractivity (Wildman–Crippen MR) is 83.6 cm³/mol. The van der Waals surface area contributed by atoms with Gasteiger partial charge in [-0.2, -0.15) is 0 Å². The summed E-state index contributed by atoms with van der Waals surface area (Å²) in [6, 6.07) is -0.336. The minimum absolute atomic E-state index is 0.00363. The molecule has 1 atom stereocenters. The highest BCUT2D eigenvalue weighted by atomic mass is 32.2. The van der Waals surface area contributed by atoms with Crippen molar-refractivity contribution in [2.24, 2.45) is 0 Å². The number of rotatable bonds is 6. The van der Waals surface area contributed by atoms with Gasteiger partial charge in [-0.25, -0.2) is 18.4 Å². The Bertz CT molecular complexity index is 615. The zero-order valence-corrected chi connectivity index (χ0v) is 13.6. The monoisotopic (exact) mass is 327 g/mol. The van der Waals surface area contributed by atoms with Crippen molar-refractivity contribution >= 4 is 21.6 Å². The van der Waals surface area contributed by atoms with E-state index in [1.807, 2.05) is 19.0 Å². The highest BCUT2D eigenvalue weighted by Gasteiger charge is 2.29. The molecule has 1 aliphatic heterocycles. The van der Waals surface area contributed by atoms with E-state index in [0.29, 0.717) is 12.2 Å². The van der Waals surface area contributed by atoms with Gasteiger partial charge in [0.25, 0.3) is 5.91 Å². The van der Waals surface area contributed by atoms with Crippen LogP contribution >= 0.6 is 0 Å². The number of aromatic nitrogens is 2. The van der Waals surface area contributed by atoms with Crippen LogP contribution in [0.15, 0.2) is 12.4 Å². The fraction of sp³-hybridized carbons (Fsp3) is 0.615. The molecule has 0 radical (unpaired) electrons. The molecule has 0 bridgehead atoms. The van der Waals surface area contributed by atoms with Crippen molar-refractivity contribution in [2.45, 2.75) is 12.5 Å². The summed E-state index contributed by atoms with van der Waals surface area (Å²) in [5, 5.41) is 5.78. The van der Waals surface area contributed by atoms with Crippen molar-refractivity contribution in [2.75, 3.05) is 44.0 Å². The standard InChI is InChI=1S/C13H21N5O3S/c1-18(2)5-4-14-12-8-15-11(7-16-12)13(19)17-10-3-6-22(20,21)9-10/h7-8,10H,3-6,9H2,1-2H3,(H,14,16)(H,17,19). The van der Waals surface area contributed by atoms with Gasteiger partial charge in [-0.05, 0) is 20.5 Å². The van der Waals surface area contributed by atoms with Gasteiger partial charge in [-0.15, -0.1) is 0 Å². The molecule has 0 spiro atoms. The van der Waals surface area contributed by atoms with Crippen LogP contribution in [-0.4, -0.2) is 73.9 Å². The zero-order chi connectivity index (χ0) is 16.2. The lowest BCUT2D eigenvalue weighted by Gasteiger charge is -2.11. The van der Waals surface area contributed by atoms with Crippen molar-refractivity contribution in [1.82, 2.24) is 20.2 Å². The lowest BCUT2D eigenvalue weighted by atomic mass is 10.2. The third-order valence-corrected chi connectivity index (χ3v) is 5.09. The summed E-state index contributed by atoms with van der Waals surface area (Å²) < 4.78 is 22.7. The quantitative estimate of drug-likeness (QED) is 0.716. The number of hydrogen-bond donors (Lipinski definition) is 2. The van der Waals surface area contributed by atoms with Gasteiger partial charge in [0.15, 0.2) is 9.84 Å². The van der Waals surface area contributed by atoms with Crippen molar-refractivity contribution in [3.05, 3.63) is 18.1 Å². The Kier molecular flexibility index (Phi) is 5.30. The molecule has 0 aliphatic carbocycles. The number of carbonyl (C=O) groups is 1. The van der Waals surface area contributed by atoms with Gasteiger partial charge in [0, 0.05) is 19.1 Å². The van der Waals surface area contributed by atoms with Crippen LogP contribution in [0.25, 0.3) is 0 Å². The lowest BCUT2D eigenvalue weighted by molar-refractivity contribution is 0.0935. The summed E-state index contributed by atoms with van der Waals surface area (Å²) in [4.78, 5) is 22.2. The Labute approximate surface area is 130 Å². The van der Waals surface area contributed by atoms with E-state index in [1.165, 1.54) is 12.4 Å². The first-order valence-electron chi connectivity index (χ1n) is 7.08. The third-order valence-electron chi connectivity index (χ3n) is 3.32. The van der Waals surface area contributed by atoms with Crippen LogP contribution in [-0.2, 0) is 9.84 Å². The first kappa shape index (κ1) is 16.6. The smallest absolute Gasteiger partial charge is 0.271 e. The van der Waals surface area contributed by atoms with E-state index in [0.717, 1.165) is 13.1 Å². The molecule has 9 heteroatoms. The summed E-state index contributed by atoms with van der Waals surface area (Å²) >= 11 is 0. The molecule has 0 saturated carbocycles. The molecule has 22 heavy (non-hydrogen) atoms. The van der Waals surface area contributed by atoms with Gasteiger partial charge in [0.2, 0.25) is 0 Å². The summed E-state index contributed by atoms with van der Waals surface area (Å²) in [7, 11) is 0.940. The summed E-state index contributed by atoms with van der Waals surface area (Å²) in [5.41, 5.74) is 0.183. The second-order valence-electron chi connectivity index (χ2n) is 5.59. The number of likely N-dealkylation sites (N-methyl/N-ethyl adjacent to an activating group) is 1. The van der Waals surface area contributed by atoms with Crippen LogP contribution in [0.5, 0.6) is 0 Å². The van der Waals surface area contributed by atoms with Crippen LogP contribution < -0.4 is 10.6 Å². The van der Waals surface area contributed by atoms with E-state index in [9.17, 15) is 13.2 Å². The molecule has 1 saturated heterocycles. The zero-order valence-electron chi connectivity index (χ0n) is 12.7. The number of amides is 1. The molecule has 1 unspecified atom stereocenters. The Morgan fingerprint density at radius 3 is 2.68 bits per heavy atom. The molecule has 1 amide bonds. The summed E-state index contributed by atoms with van der Waals surface area (Å²) in [6.45, 7) is 1.59. The Balaban J connectivity index is 1.86. The Morgan fingerprint density at radius 1 is 1.36 bits per heavy atom. The maximum absolute atomic E-state index is 12.0. The van der Waals surface area contributed by atoms with Gasteiger partial charge >= 0.3 is 0 Å². The molecule has 2 N–H and O–H groups in total. The van der Waals surface area contributed by atoms with Gasteiger partial charge in [-0.1, -0.05) is 0 Å². The molecule has 1 fully saturated rings. The minimum Gasteiger partial charge on any atom is -0.368 e. The van der Waals surface area contributed by atoms with Crippen molar-refractivity contribution < 1.29 is 13.2 Å². The number of anilines is 1. The molecular weight excluding hydrogens is 306 g/mol. The molecule has 2 heterocycles. The van der Waals surface area contributed by atoms with Crippen molar-refractivity contribution in [3.63, 3.8) is 0 Å². The van der Waals surface area contributed by atoms with Gasteiger partial charge < -0.3 is 15.5 Å². The molecule has 1 aliphatic rings. The number of nitrogens with zero attached hydrogens (tertiary/aromatic N) is 3. The lowest BCUT2D eigenvalue weighted by Crippen LogP contribution is -2.36. The van der Waals surface area contributed by atoms with E-state index in [2.05, 4.69) is 20.6 Å². The maximum Gasteiger partial charge on any atom is 0.271 e. The summed E-state index contributed by atoms with van der Waals surface area (Å²) in [6.07, 6.45) is 3.33. The molecular formula is C13H21N5O3S. The first-order valence-corrected chi connectivity index (χ1v) is 8.90. The number of sulfone groups is 1. The van der Waals surface area contributed by atoms with Crippen LogP contribution in [0.3, 0.4) is 0 Å². The van der Waals surface area contributed by atoms with Gasteiger partial charge in [0.05, 0.1) is 23.9 Å². The van der Waals surface area contributed by atoms with Crippen molar-refractivity contribution in [3.8, 4) is 0 Å². The minimum atomic E-state index is -3.01. The number of nitrogens with one attached hydrogen (secondary N) is 2. The van der Waals surface area contributed by atoms with E-state index in [4.69, 9.17) is 0 Å². The van der Waals surface area contributed by atoms with Crippen molar-refractivity contribution in [1.29, 1.82) is 0 Å². The molecule has 122 valence electrons. The topological polar surface area (TPSA) is 104 Å². The highest BCUT2D eigenvalue weighted by molar-refractivity contribution is 7.91. The number of carbonyl (C=O) groups excluding carboxylic acids is 1. The molecule has 8 nitrogen and oxygen atoms in total. The average Bonchev–Trinajstić information content (AvgIpc) is 2.78. The molecule has 1 aromatic heterocycles. The maximum atomic E-state index is 12.0. The molecule has 1 aromatic rings. The molecule has 2 rings (SSSR count). The largest absolute Gasteiger partial charge is 0.368 e. The van der Waals surface area contributed by atoms with E-state index < -0.39 is 15.7 Å². The van der Waals surface area contributed by atoms with Crippen LogP contribution in [0, 0.1) is 0 Å². The second-order valence-corrected chi connectivity index (χ2v) is 7.82. The van der Waals surface area contributed by atoms with E-state index in [1.54, 1.807) is 0 Å². The number of hydrogen-bond acceptors (Lipinski definition) is 7. The second kappa shape index (κ2) is 7.01. The summed E-state index contributed by atoms with van der Waals surface area (Å²) in [5.74, 6) is 0.325. The average molecular weight is 327 g/mol. The van der Waals surface area contributed by atoms with E-state index >= 15 is 0 Å². The highest BCUT2D eigenvalue weighted by Crippen LogP contribution is 2.12. The third kappa shape index (κ3) is 4.92. The van der Waals surface area contributed by atoms with Crippen LogP contribution in [0.4, 0.5) is 5.82 Å². The Hall–Kier alpha value is -1.74. The Morgan fingerprint density at radius 2 is 2.14 bits per heavy atom. The molecule has 0 aromatic carbocycles.